The molecule has 0 N–H and O–H groups in total. The van der Waals surface area contributed by atoms with Crippen molar-refractivity contribution in [1.82, 2.24) is 4.68 Å². The van der Waals surface area contributed by atoms with Gasteiger partial charge in [-0.25, -0.2) is 4.68 Å². The van der Waals surface area contributed by atoms with Gasteiger partial charge in [-0.1, -0.05) is 4.68 Å². The molecule has 4 heteroatoms. The molecule has 0 saturated heterocycles. The van der Waals surface area contributed by atoms with Crippen LogP contribution in [0.4, 0.5) is 0 Å². The lowest BCUT2D eigenvalue weighted by Crippen LogP contribution is -2.37. The van der Waals surface area contributed by atoms with Gasteiger partial charge in [0.1, 0.15) is 5.71 Å². The summed E-state index contributed by atoms with van der Waals surface area (Å²) in [6.45, 7) is 12.2. The summed E-state index contributed by atoms with van der Waals surface area (Å²) in [7, 11) is 0. The van der Waals surface area contributed by atoms with Crippen LogP contribution in [0, 0.1) is 27.7 Å². The van der Waals surface area contributed by atoms with Crippen molar-refractivity contribution < 1.29 is 4.68 Å². The first-order valence-corrected chi connectivity index (χ1v) is 7.15. The molecule has 0 aliphatic carbocycles. The number of aryl methyl sites for hydroxylation is 4. The van der Waals surface area contributed by atoms with Crippen LogP contribution in [0.25, 0.3) is 0 Å². The second-order valence-corrected chi connectivity index (χ2v) is 5.42. The van der Waals surface area contributed by atoms with Crippen molar-refractivity contribution in [3.63, 3.8) is 0 Å². The maximum absolute atomic E-state index is 4.69. The molecular formula is C17H23N4+. The van der Waals surface area contributed by atoms with Crippen LogP contribution in [0.2, 0.25) is 0 Å². The molecule has 0 aromatic carbocycles. The van der Waals surface area contributed by atoms with Gasteiger partial charge in [0.25, 0.3) is 0 Å². The fourth-order valence-electron chi connectivity index (χ4n) is 2.17. The van der Waals surface area contributed by atoms with Crippen LogP contribution in [0.5, 0.6) is 0 Å². The zero-order chi connectivity index (χ0) is 15.6. The first-order chi connectivity index (χ1) is 9.90. The van der Waals surface area contributed by atoms with E-state index >= 15 is 0 Å². The highest BCUT2D eigenvalue weighted by atomic mass is 15.4. The highest BCUT2D eigenvalue weighted by Gasteiger charge is 2.11. The summed E-state index contributed by atoms with van der Waals surface area (Å²) in [5, 5.41) is 9.35. The Morgan fingerprint density at radius 2 is 1.38 bits per heavy atom. The molecule has 0 bridgehead atoms. The lowest BCUT2D eigenvalue weighted by molar-refractivity contribution is -0.690. The minimum Gasteiger partial charge on any atom is -0.242 e. The molecule has 0 amide bonds. The first-order valence-electron chi connectivity index (χ1n) is 7.15. The molecule has 0 atom stereocenters. The average Bonchev–Trinajstić information content (AvgIpc) is 2.74. The van der Waals surface area contributed by atoms with Crippen molar-refractivity contribution >= 4 is 11.4 Å². The molecule has 0 unspecified atom stereocenters. The quantitative estimate of drug-likeness (QED) is 0.612. The van der Waals surface area contributed by atoms with E-state index in [2.05, 4.69) is 62.2 Å². The third-order valence-corrected chi connectivity index (χ3v) is 3.60. The predicted molar refractivity (Wildman–Crippen MR) is 87.0 cm³/mol. The van der Waals surface area contributed by atoms with Crippen LogP contribution in [-0.2, 0) is 0 Å². The zero-order valence-electron chi connectivity index (χ0n) is 13.7. The third kappa shape index (κ3) is 3.27. The summed E-state index contributed by atoms with van der Waals surface area (Å²) in [4.78, 5) is 0. The number of hydrogen-bond donors (Lipinski definition) is 0. The summed E-state index contributed by atoms with van der Waals surface area (Å²) < 4.78 is 3.90. The topological polar surface area (TPSA) is 33.5 Å². The molecule has 0 radical (unpaired) electrons. The Balaban J connectivity index is 2.39. The minimum absolute atomic E-state index is 0.907. The van der Waals surface area contributed by atoms with Crippen molar-refractivity contribution in [2.45, 2.75) is 41.5 Å². The van der Waals surface area contributed by atoms with Gasteiger partial charge in [-0.2, -0.15) is 5.10 Å². The SMILES string of the molecule is CC(=N\n1c(C)ccc1C)/C(C)=N/[n+]1c(C)cccc1C. The fraction of sp³-hybridized carbons (Fsp3) is 0.353. The summed E-state index contributed by atoms with van der Waals surface area (Å²) in [6, 6.07) is 10.3. The fourth-order valence-corrected chi connectivity index (χ4v) is 2.17. The van der Waals surface area contributed by atoms with Gasteiger partial charge in [0, 0.05) is 42.5 Å². The molecule has 110 valence electrons. The van der Waals surface area contributed by atoms with Gasteiger partial charge in [0.2, 0.25) is 11.4 Å². The number of hydrogen-bond acceptors (Lipinski definition) is 2. The monoisotopic (exact) mass is 283 g/mol. The summed E-state index contributed by atoms with van der Waals surface area (Å²) in [6.07, 6.45) is 0. The van der Waals surface area contributed by atoms with Gasteiger partial charge in [0.05, 0.1) is 5.71 Å². The molecule has 2 rings (SSSR count). The van der Waals surface area contributed by atoms with Crippen molar-refractivity contribution in [2.75, 3.05) is 0 Å². The van der Waals surface area contributed by atoms with E-state index in [0.29, 0.717) is 0 Å². The Morgan fingerprint density at radius 3 is 1.90 bits per heavy atom. The Bertz CT molecular complexity index is 681. The van der Waals surface area contributed by atoms with Crippen LogP contribution in [0.15, 0.2) is 40.5 Å². The lowest BCUT2D eigenvalue weighted by Gasteiger charge is -2.04. The number of aromatic nitrogens is 2. The van der Waals surface area contributed by atoms with Gasteiger partial charge >= 0.3 is 0 Å². The second-order valence-electron chi connectivity index (χ2n) is 5.42. The van der Waals surface area contributed by atoms with E-state index in [1.807, 2.05) is 29.3 Å². The number of nitrogens with zero attached hydrogens (tertiary/aromatic N) is 4. The highest BCUT2D eigenvalue weighted by Crippen LogP contribution is 2.07. The molecule has 0 spiro atoms. The van der Waals surface area contributed by atoms with Gasteiger partial charge in [-0.3, -0.25) is 0 Å². The lowest BCUT2D eigenvalue weighted by atomic mass is 10.3. The summed E-state index contributed by atoms with van der Waals surface area (Å²) in [5.74, 6) is 0. The summed E-state index contributed by atoms with van der Waals surface area (Å²) in [5.41, 5.74) is 6.28. The Hall–Kier alpha value is -2.23. The van der Waals surface area contributed by atoms with Gasteiger partial charge in [-0.15, -0.1) is 0 Å². The van der Waals surface area contributed by atoms with Crippen molar-refractivity contribution in [3.05, 3.63) is 53.1 Å². The minimum atomic E-state index is 0.907. The van der Waals surface area contributed by atoms with Crippen molar-refractivity contribution in [3.8, 4) is 0 Å². The molecule has 4 nitrogen and oxygen atoms in total. The molecule has 0 saturated carbocycles. The van der Waals surface area contributed by atoms with Crippen LogP contribution in [-0.4, -0.2) is 16.1 Å². The largest absolute Gasteiger partial charge is 0.242 e. The zero-order valence-corrected chi connectivity index (χ0v) is 13.7. The van der Waals surface area contributed by atoms with E-state index in [4.69, 9.17) is 0 Å². The van der Waals surface area contributed by atoms with E-state index in [1.54, 1.807) is 0 Å². The van der Waals surface area contributed by atoms with Crippen LogP contribution < -0.4 is 4.68 Å². The molecule has 0 aliphatic rings. The molecule has 2 aromatic heterocycles. The first kappa shape index (κ1) is 15.2. The maximum atomic E-state index is 4.69. The predicted octanol–water partition coefficient (Wildman–Crippen LogP) is 3.16. The number of rotatable bonds is 3. The standard InChI is InChI=1S/C17H23N4/c1-12-8-7-9-13(2)20(12)18-16(5)17(6)19-21-14(3)10-11-15(21)4/h7-11H,1-6H3/q+1/b18-16+,19-17+. The van der Waals surface area contributed by atoms with Crippen LogP contribution in [0.1, 0.15) is 36.6 Å². The second kappa shape index (κ2) is 6.04. The van der Waals surface area contributed by atoms with Crippen LogP contribution in [0.3, 0.4) is 0 Å². The Labute approximate surface area is 126 Å². The summed E-state index contributed by atoms with van der Waals surface area (Å²) >= 11 is 0. The van der Waals surface area contributed by atoms with E-state index in [0.717, 1.165) is 34.2 Å². The third-order valence-electron chi connectivity index (χ3n) is 3.60. The Morgan fingerprint density at radius 1 is 0.857 bits per heavy atom. The van der Waals surface area contributed by atoms with Gasteiger partial charge < -0.3 is 0 Å². The molecule has 2 aromatic rings. The smallest absolute Gasteiger partial charge is 0.211 e. The normalized spacial score (nSPS) is 12.9. The number of pyridine rings is 1. The maximum Gasteiger partial charge on any atom is 0.211 e. The molecule has 0 fully saturated rings. The molecular weight excluding hydrogens is 260 g/mol. The van der Waals surface area contributed by atoms with E-state index in [9.17, 15) is 0 Å². The van der Waals surface area contributed by atoms with E-state index in [-0.39, 0.29) is 0 Å². The van der Waals surface area contributed by atoms with E-state index < -0.39 is 0 Å². The van der Waals surface area contributed by atoms with Crippen molar-refractivity contribution in [2.24, 2.45) is 10.2 Å². The molecule has 0 aliphatic heterocycles. The highest BCUT2D eigenvalue weighted by molar-refractivity contribution is 6.40. The van der Waals surface area contributed by atoms with Gasteiger partial charge in [-0.05, 0) is 45.9 Å². The molecule has 21 heavy (non-hydrogen) atoms. The molecule has 2 heterocycles. The average molecular weight is 283 g/mol. The Kier molecular flexibility index (Phi) is 4.36. The van der Waals surface area contributed by atoms with Crippen molar-refractivity contribution in [1.29, 1.82) is 0 Å². The van der Waals surface area contributed by atoms with Gasteiger partial charge in [0.15, 0.2) is 0 Å². The van der Waals surface area contributed by atoms with E-state index in [1.165, 1.54) is 0 Å². The van der Waals surface area contributed by atoms with Crippen LogP contribution >= 0.6 is 0 Å².